The lowest BCUT2D eigenvalue weighted by atomic mass is 10.2. The molecule has 6 heteroatoms. The molecule has 1 N–H and O–H groups in total. The number of thiazole rings is 1. The molecule has 0 radical (unpaired) electrons. The van der Waals surface area contributed by atoms with Gasteiger partial charge < -0.3 is 4.74 Å². The zero-order valence-electron chi connectivity index (χ0n) is 8.13. The van der Waals surface area contributed by atoms with E-state index in [1.165, 1.54) is 11.3 Å². The minimum atomic E-state index is -0.496. The Kier molecular flexibility index (Phi) is 3.49. The van der Waals surface area contributed by atoms with Crippen LogP contribution in [0.3, 0.4) is 0 Å². The fourth-order valence-electron chi connectivity index (χ4n) is 0.714. The number of carbonyl (C=O) groups excluding carboxylic acids is 1. The number of halogens is 1. The molecule has 1 aromatic rings. The summed E-state index contributed by atoms with van der Waals surface area (Å²) < 4.78 is 5.84. The maximum Gasteiger partial charge on any atom is 0.413 e. The van der Waals surface area contributed by atoms with Gasteiger partial charge in [0.25, 0.3) is 0 Å². The number of anilines is 1. The number of hydrogen-bond donors (Lipinski definition) is 1. The summed E-state index contributed by atoms with van der Waals surface area (Å²) in [7, 11) is 0. The summed E-state index contributed by atoms with van der Waals surface area (Å²) in [4.78, 5) is 15.2. The van der Waals surface area contributed by atoms with Gasteiger partial charge in [0.05, 0.1) is 5.51 Å². The van der Waals surface area contributed by atoms with Crippen LogP contribution < -0.4 is 5.32 Å². The number of aromatic nitrogens is 1. The number of carbonyl (C=O) groups is 1. The zero-order valence-corrected chi connectivity index (χ0v) is 10.5. The second-order valence-corrected chi connectivity index (χ2v) is 5.77. The van der Waals surface area contributed by atoms with Crippen molar-refractivity contribution in [3.05, 3.63) is 9.30 Å². The largest absolute Gasteiger partial charge is 0.444 e. The number of hydrogen-bond acceptors (Lipinski definition) is 4. The molecule has 1 amide bonds. The van der Waals surface area contributed by atoms with Crippen molar-refractivity contribution < 1.29 is 9.53 Å². The standard InChI is InChI=1S/C8H11BrN2O2S/c1-8(2,3)13-7(12)11-6-5(9)14-4-10-6/h4H,1-3H3,(H,11,12). The zero-order chi connectivity index (χ0) is 10.8. The van der Waals surface area contributed by atoms with Crippen molar-refractivity contribution in [1.82, 2.24) is 4.98 Å². The normalized spacial score (nSPS) is 11.1. The predicted octanol–water partition coefficient (Wildman–Crippen LogP) is 3.25. The molecule has 0 saturated heterocycles. The highest BCUT2D eigenvalue weighted by molar-refractivity contribution is 9.11. The van der Waals surface area contributed by atoms with Crippen LogP contribution in [0.15, 0.2) is 9.30 Å². The number of nitrogens with one attached hydrogen (secondary N) is 1. The van der Waals surface area contributed by atoms with Crippen molar-refractivity contribution in [2.45, 2.75) is 26.4 Å². The van der Waals surface area contributed by atoms with E-state index in [9.17, 15) is 4.79 Å². The Balaban J connectivity index is 2.54. The van der Waals surface area contributed by atoms with Gasteiger partial charge in [-0.3, -0.25) is 5.32 Å². The molecule has 14 heavy (non-hydrogen) atoms. The van der Waals surface area contributed by atoms with E-state index in [1.807, 2.05) is 20.8 Å². The second kappa shape index (κ2) is 4.27. The molecular formula is C8H11BrN2O2S. The highest BCUT2D eigenvalue weighted by Gasteiger charge is 2.17. The third-order valence-corrected chi connectivity index (χ3v) is 2.69. The topological polar surface area (TPSA) is 51.2 Å². The van der Waals surface area contributed by atoms with Crippen LogP contribution in [-0.2, 0) is 4.74 Å². The average Bonchev–Trinajstić information content (AvgIpc) is 2.32. The molecule has 0 spiro atoms. The molecule has 1 heterocycles. The molecule has 78 valence electrons. The predicted molar refractivity (Wildman–Crippen MR) is 59.7 cm³/mol. The third kappa shape index (κ3) is 3.63. The van der Waals surface area contributed by atoms with Gasteiger partial charge in [-0.1, -0.05) is 0 Å². The van der Waals surface area contributed by atoms with Gasteiger partial charge in [-0.05, 0) is 36.7 Å². The van der Waals surface area contributed by atoms with Crippen molar-refractivity contribution in [1.29, 1.82) is 0 Å². The van der Waals surface area contributed by atoms with E-state index >= 15 is 0 Å². The second-order valence-electron chi connectivity index (χ2n) is 3.60. The van der Waals surface area contributed by atoms with Crippen LogP contribution in [0.25, 0.3) is 0 Å². The van der Waals surface area contributed by atoms with Gasteiger partial charge in [0.1, 0.15) is 9.39 Å². The van der Waals surface area contributed by atoms with Gasteiger partial charge in [0, 0.05) is 0 Å². The van der Waals surface area contributed by atoms with E-state index in [0.717, 1.165) is 3.79 Å². The molecule has 1 rings (SSSR count). The fourth-order valence-corrected chi connectivity index (χ4v) is 1.63. The summed E-state index contributed by atoms with van der Waals surface area (Å²) in [6.07, 6.45) is -0.496. The summed E-state index contributed by atoms with van der Waals surface area (Å²) in [6.45, 7) is 5.42. The molecule has 0 aliphatic rings. The van der Waals surface area contributed by atoms with Crippen molar-refractivity contribution in [2.24, 2.45) is 0 Å². The lowest BCUT2D eigenvalue weighted by molar-refractivity contribution is 0.0635. The van der Waals surface area contributed by atoms with Crippen LogP contribution in [0.4, 0.5) is 10.6 Å². The van der Waals surface area contributed by atoms with E-state index in [1.54, 1.807) is 5.51 Å². The fraction of sp³-hybridized carbons (Fsp3) is 0.500. The maximum atomic E-state index is 11.3. The Morgan fingerprint density at radius 3 is 2.71 bits per heavy atom. The SMILES string of the molecule is CC(C)(C)OC(=O)Nc1ncsc1Br. The number of nitrogens with zero attached hydrogens (tertiary/aromatic N) is 1. The molecule has 0 fully saturated rings. The van der Waals surface area contributed by atoms with Crippen LogP contribution in [0.2, 0.25) is 0 Å². The molecular weight excluding hydrogens is 268 g/mol. The third-order valence-electron chi connectivity index (χ3n) is 1.14. The lowest BCUT2D eigenvalue weighted by Gasteiger charge is -2.19. The van der Waals surface area contributed by atoms with Gasteiger partial charge in [-0.15, -0.1) is 11.3 Å². The Bertz CT molecular complexity index is 332. The highest BCUT2D eigenvalue weighted by atomic mass is 79.9. The highest BCUT2D eigenvalue weighted by Crippen LogP contribution is 2.25. The van der Waals surface area contributed by atoms with Gasteiger partial charge >= 0.3 is 6.09 Å². The molecule has 4 nitrogen and oxygen atoms in total. The molecule has 0 bridgehead atoms. The first kappa shape index (κ1) is 11.5. The molecule has 0 aliphatic heterocycles. The Morgan fingerprint density at radius 1 is 1.64 bits per heavy atom. The number of rotatable bonds is 1. The summed E-state index contributed by atoms with van der Waals surface area (Å²) >= 11 is 4.66. The van der Waals surface area contributed by atoms with Gasteiger partial charge in [-0.2, -0.15) is 0 Å². The van der Waals surface area contributed by atoms with Crippen molar-refractivity contribution >= 4 is 39.2 Å². The van der Waals surface area contributed by atoms with E-state index < -0.39 is 11.7 Å². The summed E-state index contributed by atoms with van der Waals surface area (Å²) in [5.74, 6) is 0.490. The van der Waals surface area contributed by atoms with Crippen molar-refractivity contribution in [2.75, 3.05) is 5.32 Å². The first-order valence-electron chi connectivity index (χ1n) is 3.97. The van der Waals surface area contributed by atoms with Crippen LogP contribution in [0.1, 0.15) is 20.8 Å². The molecule has 0 saturated carbocycles. The average molecular weight is 279 g/mol. The quantitative estimate of drug-likeness (QED) is 0.858. The summed E-state index contributed by atoms with van der Waals surface area (Å²) in [5, 5.41) is 2.54. The van der Waals surface area contributed by atoms with Crippen LogP contribution in [0, 0.1) is 0 Å². The summed E-state index contributed by atoms with van der Waals surface area (Å²) in [6, 6.07) is 0. The van der Waals surface area contributed by atoms with Crippen molar-refractivity contribution in [3.8, 4) is 0 Å². The smallest absolute Gasteiger partial charge is 0.413 e. The van der Waals surface area contributed by atoms with Crippen LogP contribution >= 0.6 is 27.3 Å². The van der Waals surface area contributed by atoms with E-state index in [2.05, 4.69) is 26.2 Å². The number of amides is 1. The Hall–Kier alpha value is -0.620. The lowest BCUT2D eigenvalue weighted by Crippen LogP contribution is -2.27. The summed E-state index contributed by atoms with van der Waals surface area (Å²) in [5.41, 5.74) is 1.14. The first-order valence-corrected chi connectivity index (χ1v) is 5.65. The van der Waals surface area contributed by atoms with Gasteiger partial charge in [-0.25, -0.2) is 9.78 Å². The minimum Gasteiger partial charge on any atom is -0.444 e. The van der Waals surface area contributed by atoms with Crippen LogP contribution in [0.5, 0.6) is 0 Å². The molecule has 0 atom stereocenters. The number of ether oxygens (including phenoxy) is 1. The van der Waals surface area contributed by atoms with E-state index in [-0.39, 0.29) is 0 Å². The van der Waals surface area contributed by atoms with Crippen molar-refractivity contribution in [3.63, 3.8) is 0 Å². The molecule has 1 aromatic heterocycles. The van der Waals surface area contributed by atoms with Gasteiger partial charge in [0.2, 0.25) is 0 Å². The minimum absolute atomic E-state index is 0.490. The monoisotopic (exact) mass is 278 g/mol. The molecule has 0 aliphatic carbocycles. The Morgan fingerprint density at radius 2 is 2.29 bits per heavy atom. The molecule has 0 unspecified atom stereocenters. The van der Waals surface area contributed by atoms with E-state index in [0.29, 0.717) is 5.82 Å². The first-order chi connectivity index (χ1) is 6.38. The maximum absolute atomic E-state index is 11.3. The Labute approximate surface area is 94.8 Å². The van der Waals surface area contributed by atoms with E-state index in [4.69, 9.17) is 4.74 Å². The van der Waals surface area contributed by atoms with Gasteiger partial charge in [0.15, 0.2) is 5.82 Å². The molecule has 0 aromatic carbocycles. The van der Waals surface area contributed by atoms with Crippen LogP contribution in [-0.4, -0.2) is 16.7 Å².